The van der Waals surface area contributed by atoms with Crippen molar-refractivity contribution in [3.8, 4) is 11.5 Å². The standard InChI is InChI=1S/C14H18O4/c1-9(2)13(15)17-11-5-7-12(8-6-11)18-14(16)10(3)4/h5-10H,1-4H3. The lowest BCUT2D eigenvalue weighted by Crippen LogP contribution is -2.15. The zero-order valence-electron chi connectivity index (χ0n) is 11.1. The summed E-state index contributed by atoms with van der Waals surface area (Å²) in [6, 6.07) is 6.40. The molecule has 0 bridgehead atoms. The summed E-state index contributed by atoms with van der Waals surface area (Å²) in [5, 5.41) is 0. The molecule has 0 amide bonds. The Hall–Kier alpha value is -1.84. The molecule has 0 fully saturated rings. The highest BCUT2D eigenvalue weighted by molar-refractivity contribution is 5.75. The molecule has 1 aromatic carbocycles. The second-order valence-corrected chi connectivity index (χ2v) is 4.62. The molecular formula is C14H18O4. The van der Waals surface area contributed by atoms with Crippen LogP contribution in [0.5, 0.6) is 11.5 Å². The predicted molar refractivity (Wildman–Crippen MR) is 67.4 cm³/mol. The van der Waals surface area contributed by atoms with E-state index < -0.39 is 0 Å². The largest absolute Gasteiger partial charge is 0.426 e. The second-order valence-electron chi connectivity index (χ2n) is 4.62. The minimum Gasteiger partial charge on any atom is -0.426 e. The van der Waals surface area contributed by atoms with Crippen molar-refractivity contribution in [2.45, 2.75) is 27.7 Å². The zero-order valence-corrected chi connectivity index (χ0v) is 11.1. The summed E-state index contributed by atoms with van der Waals surface area (Å²) in [5.74, 6) is -0.0492. The number of esters is 2. The minimum atomic E-state index is -0.290. The van der Waals surface area contributed by atoms with Crippen molar-refractivity contribution >= 4 is 11.9 Å². The lowest BCUT2D eigenvalue weighted by molar-refractivity contribution is -0.138. The Morgan fingerprint density at radius 2 is 1.06 bits per heavy atom. The fraction of sp³-hybridized carbons (Fsp3) is 0.429. The van der Waals surface area contributed by atoms with Gasteiger partial charge in [0.05, 0.1) is 11.8 Å². The van der Waals surface area contributed by atoms with Crippen LogP contribution in [0.2, 0.25) is 0 Å². The predicted octanol–water partition coefficient (Wildman–Crippen LogP) is 2.81. The highest BCUT2D eigenvalue weighted by Crippen LogP contribution is 2.19. The van der Waals surface area contributed by atoms with Crippen LogP contribution in [-0.4, -0.2) is 11.9 Å². The van der Waals surface area contributed by atoms with Gasteiger partial charge in [-0.15, -0.1) is 0 Å². The van der Waals surface area contributed by atoms with Crippen LogP contribution in [0.3, 0.4) is 0 Å². The van der Waals surface area contributed by atoms with E-state index in [1.807, 2.05) is 0 Å². The van der Waals surface area contributed by atoms with Gasteiger partial charge in [0.2, 0.25) is 0 Å². The first-order valence-electron chi connectivity index (χ1n) is 5.93. The summed E-state index contributed by atoms with van der Waals surface area (Å²) in [6.07, 6.45) is 0. The van der Waals surface area contributed by atoms with E-state index in [2.05, 4.69) is 0 Å². The van der Waals surface area contributed by atoms with E-state index in [0.717, 1.165) is 0 Å². The van der Waals surface area contributed by atoms with E-state index in [9.17, 15) is 9.59 Å². The second kappa shape index (κ2) is 6.19. The third-order valence-electron chi connectivity index (χ3n) is 2.20. The Kier molecular flexibility index (Phi) is 4.89. The van der Waals surface area contributed by atoms with Gasteiger partial charge in [-0.3, -0.25) is 9.59 Å². The molecule has 18 heavy (non-hydrogen) atoms. The van der Waals surface area contributed by atoms with Gasteiger partial charge in [0.1, 0.15) is 11.5 Å². The number of hydrogen-bond donors (Lipinski definition) is 0. The smallest absolute Gasteiger partial charge is 0.313 e. The van der Waals surface area contributed by atoms with Crippen molar-refractivity contribution in [2.75, 3.05) is 0 Å². The quantitative estimate of drug-likeness (QED) is 0.609. The Morgan fingerprint density at radius 3 is 1.28 bits per heavy atom. The molecule has 0 aromatic heterocycles. The minimum absolute atomic E-state index is 0.177. The third kappa shape index (κ3) is 4.20. The Balaban J connectivity index is 2.63. The number of benzene rings is 1. The van der Waals surface area contributed by atoms with Gasteiger partial charge in [-0.1, -0.05) is 27.7 Å². The van der Waals surface area contributed by atoms with Crippen LogP contribution in [0.4, 0.5) is 0 Å². The molecule has 0 saturated heterocycles. The molecule has 0 radical (unpaired) electrons. The lowest BCUT2D eigenvalue weighted by Gasteiger charge is -2.08. The van der Waals surface area contributed by atoms with Crippen LogP contribution in [0.25, 0.3) is 0 Å². The van der Waals surface area contributed by atoms with E-state index in [1.54, 1.807) is 52.0 Å². The lowest BCUT2D eigenvalue weighted by atomic mass is 10.2. The van der Waals surface area contributed by atoms with Gasteiger partial charge < -0.3 is 9.47 Å². The maximum atomic E-state index is 11.4. The maximum Gasteiger partial charge on any atom is 0.313 e. The molecule has 0 unspecified atom stereocenters. The zero-order chi connectivity index (χ0) is 13.7. The maximum absolute atomic E-state index is 11.4. The van der Waals surface area contributed by atoms with Crippen molar-refractivity contribution < 1.29 is 19.1 Å². The summed E-state index contributed by atoms with van der Waals surface area (Å²) in [5.41, 5.74) is 0. The normalized spacial score (nSPS) is 10.6. The molecule has 0 aliphatic rings. The van der Waals surface area contributed by atoms with E-state index in [1.165, 1.54) is 0 Å². The monoisotopic (exact) mass is 250 g/mol. The van der Waals surface area contributed by atoms with E-state index >= 15 is 0 Å². The number of carbonyl (C=O) groups excluding carboxylic acids is 2. The summed E-state index contributed by atoms with van der Waals surface area (Å²) < 4.78 is 10.2. The van der Waals surface area contributed by atoms with Crippen LogP contribution < -0.4 is 9.47 Å². The molecule has 0 aliphatic carbocycles. The molecule has 0 aliphatic heterocycles. The first kappa shape index (κ1) is 14.2. The number of hydrogen-bond acceptors (Lipinski definition) is 4. The molecule has 0 saturated carbocycles. The topological polar surface area (TPSA) is 52.6 Å². The molecule has 0 heterocycles. The van der Waals surface area contributed by atoms with Crippen molar-refractivity contribution in [3.63, 3.8) is 0 Å². The fourth-order valence-electron chi connectivity index (χ4n) is 1.04. The summed E-state index contributed by atoms with van der Waals surface area (Å²) in [6.45, 7) is 7.06. The molecular weight excluding hydrogens is 232 g/mol. The molecule has 1 rings (SSSR count). The summed E-state index contributed by atoms with van der Waals surface area (Å²) in [7, 11) is 0. The molecule has 4 heteroatoms. The first-order chi connectivity index (χ1) is 8.40. The molecule has 4 nitrogen and oxygen atoms in total. The third-order valence-corrected chi connectivity index (χ3v) is 2.20. The van der Waals surface area contributed by atoms with Gasteiger partial charge in [-0.2, -0.15) is 0 Å². The van der Waals surface area contributed by atoms with Gasteiger partial charge in [0, 0.05) is 0 Å². The van der Waals surface area contributed by atoms with Crippen molar-refractivity contribution in [2.24, 2.45) is 11.8 Å². The average Bonchev–Trinajstić information content (AvgIpc) is 2.31. The molecule has 0 spiro atoms. The van der Waals surface area contributed by atoms with Crippen molar-refractivity contribution in [1.29, 1.82) is 0 Å². The van der Waals surface area contributed by atoms with E-state index in [-0.39, 0.29) is 23.8 Å². The molecule has 98 valence electrons. The van der Waals surface area contributed by atoms with Crippen LogP contribution in [0, 0.1) is 11.8 Å². The first-order valence-corrected chi connectivity index (χ1v) is 5.93. The van der Waals surface area contributed by atoms with E-state index in [4.69, 9.17) is 9.47 Å². The Bertz CT molecular complexity index is 377. The molecule has 1 aromatic rings. The van der Waals surface area contributed by atoms with Gasteiger partial charge in [-0.05, 0) is 24.3 Å². The van der Waals surface area contributed by atoms with Gasteiger partial charge >= 0.3 is 11.9 Å². The van der Waals surface area contributed by atoms with Gasteiger partial charge in [0.25, 0.3) is 0 Å². The van der Waals surface area contributed by atoms with Crippen LogP contribution >= 0.6 is 0 Å². The average molecular weight is 250 g/mol. The van der Waals surface area contributed by atoms with Crippen molar-refractivity contribution in [3.05, 3.63) is 24.3 Å². The Morgan fingerprint density at radius 1 is 0.778 bits per heavy atom. The molecule has 0 N–H and O–H groups in total. The number of carbonyl (C=O) groups is 2. The SMILES string of the molecule is CC(C)C(=O)Oc1ccc(OC(=O)C(C)C)cc1. The highest BCUT2D eigenvalue weighted by Gasteiger charge is 2.11. The molecule has 0 atom stereocenters. The summed E-state index contributed by atoms with van der Waals surface area (Å²) in [4.78, 5) is 22.7. The van der Waals surface area contributed by atoms with E-state index in [0.29, 0.717) is 11.5 Å². The van der Waals surface area contributed by atoms with Crippen molar-refractivity contribution in [1.82, 2.24) is 0 Å². The Labute approximate surface area is 107 Å². The van der Waals surface area contributed by atoms with Gasteiger partial charge in [0.15, 0.2) is 0 Å². The highest BCUT2D eigenvalue weighted by atomic mass is 16.5. The van der Waals surface area contributed by atoms with Gasteiger partial charge in [-0.25, -0.2) is 0 Å². The van der Waals surface area contributed by atoms with Crippen LogP contribution in [-0.2, 0) is 9.59 Å². The number of ether oxygens (including phenoxy) is 2. The summed E-state index contributed by atoms with van der Waals surface area (Å²) >= 11 is 0. The number of rotatable bonds is 4. The van der Waals surface area contributed by atoms with Crippen LogP contribution in [0.15, 0.2) is 24.3 Å². The van der Waals surface area contributed by atoms with Crippen LogP contribution in [0.1, 0.15) is 27.7 Å². The fourth-order valence-corrected chi connectivity index (χ4v) is 1.04.